The molecule has 4 heteroatoms. The number of nitrogens with zero attached hydrogens (tertiary/aromatic N) is 2. The van der Waals surface area contributed by atoms with Crippen LogP contribution in [0.3, 0.4) is 0 Å². The summed E-state index contributed by atoms with van der Waals surface area (Å²) in [6.45, 7) is 4.06. The van der Waals surface area contributed by atoms with Gasteiger partial charge in [0.2, 0.25) is 0 Å². The van der Waals surface area contributed by atoms with Crippen LogP contribution in [0, 0.1) is 17.2 Å². The summed E-state index contributed by atoms with van der Waals surface area (Å²) < 4.78 is 11.5. The lowest BCUT2D eigenvalue weighted by atomic mass is 9.86. The van der Waals surface area contributed by atoms with Crippen LogP contribution in [0.25, 0.3) is 0 Å². The average Bonchev–Trinajstić information content (AvgIpc) is 2.94. The monoisotopic (exact) mass is 286 g/mol. The van der Waals surface area contributed by atoms with Gasteiger partial charge in [-0.2, -0.15) is 5.26 Å². The van der Waals surface area contributed by atoms with Crippen molar-refractivity contribution >= 4 is 0 Å². The van der Waals surface area contributed by atoms with Crippen LogP contribution < -0.4 is 9.47 Å². The molecule has 21 heavy (non-hydrogen) atoms. The highest BCUT2D eigenvalue weighted by atomic mass is 16.5. The smallest absolute Gasteiger partial charge is 0.126 e. The van der Waals surface area contributed by atoms with Crippen molar-refractivity contribution < 1.29 is 9.47 Å². The number of fused-ring (bicyclic) bond motifs is 3. The topological polar surface area (TPSA) is 45.5 Å². The summed E-state index contributed by atoms with van der Waals surface area (Å²) in [6, 6.07) is 8.28. The van der Waals surface area contributed by atoms with E-state index in [1.165, 1.54) is 5.56 Å². The number of likely N-dealkylation sites (tertiary alicyclic amines) is 1. The quantitative estimate of drug-likeness (QED) is 0.781. The molecule has 1 fully saturated rings. The number of unbranched alkanes of at least 4 members (excludes halogenated alkanes) is 2. The minimum Gasteiger partial charge on any atom is -0.496 e. The number of rotatable bonds is 5. The van der Waals surface area contributed by atoms with Gasteiger partial charge in [-0.3, -0.25) is 0 Å². The molecular formula is C17H22N2O2. The van der Waals surface area contributed by atoms with Crippen LogP contribution in [0.2, 0.25) is 0 Å². The van der Waals surface area contributed by atoms with E-state index in [1.54, 1.807) is 7.11 Å². The Bertz CT molecular complexity index is 524. The van der Waals surface area contributed by atoms with Gasteiger partial charge in [-0.1, -0.05) is 6.07 Å². The maximum absolute atomic E-state index is 8.60. The van der Waals surface area contributed by atoms with E-state index >= 15 is 0 Å². The summed E-state index contributed by atoms with van der Waals surface area (Å²) in [5.41, 5.74) is 1.25. The number of benzene rings is 1. The fourth-order valence-corrected chi connectivity index (χ4v) is 3.57. The normalized spacial score (nSPS) is 23.8. The molecule has 3 rings (SSSR count). The van der Waals surface area contributed by atoms with E-state index in [0.717, 1.165) is 50.6 Å². The first-order valence-electron chi connectivity index (χ1n) is 7.72. The molecule has 1 aromatic rings. The van der Waals surface area contributed by atoms with Gasteiger partial charge >= 0.3 is 0 Å². The summed E-state index contributed by atoms with van der Waals surface area (Å²) >= 11 is 0. The molecule has 0 radical (unpaired) electrons. The third-order valence-corrected chi connectivity index (χ3v) is 4.60. The van der Waals surface area contributed by atoms with Gasteiger partial charge in [-0.15, -0.1) is 0 Å². The first kappa shape index (κ1) is 14.2. The fraction of sp³-hybridized carbons (Fsp3) is 0.588. The molecule has 2 atom stereocenters. The summed E-state index contributed by atoms with van der Waals surface area (Å²) in [6.07, 6.45) is 2.77. The van der Waals surface area contributed by atoms with Gasteiger partial charge in [0.05, 0.1) is 19.8 Å². The Kier molecular flexibility index (Phi) is 4.31. The van der Waals surface area contributed by atoms with Crippen LogP contribution >= 0.6 is 0 Å². The van der Waals surface area contributed by atoms with Crippen molar-refractivity contribution in [1.29, 1.82) is 5.26 Å². The molecule has 0 unspecified atom stereocenters. The van der Waals surface area contributed by atoms with E-state index < -0.39 is 0 Å². The van der Waals surface area contributed by atoms with Gasteiger partial charge in [-0.05, 0) is 31.5 Å². The second-order valence-corrected chi connectivity index (χ2v) is 5.92. The van der Waals surface area contributed by atoms with Gasteiger partial charge in [0.25, 0.3) is 0 Å². The third-order valence-electron chi connectivity index (χ3n) is 4.60. The van der Waals surface area contributed by atoms with Gasteiger partial charge in [0.15, 0.2) is 0 Å². The number of methoxy groups -OCH3 is 1. The molecular weight excluding hydrogens is 264 g/mol. The third kappa shape index (κ3) is 2.84. The van der Waals surface area contributed by atoms with E-state index in [9.17, 15) is 0 Å². The second-order valence-electron chi connectivity index (χ2n) is 5.92. The standard InChI is InChI=1S/C17H22N2O2/c1-20-15-6-5-7-16-17(15)14-11-19(9-4-2-3-8-18)10-13(14)12-21-16/h5-7,13-14H,2-4,9-12H2,1H3/t13-,14+/m0/s1. The van der Waals surface area contributed by atoms with E-state index in [0.29, 0.717) is 18.3 Å². The number of nitriles is 1. The Morgan fingerprint density at radius 1 is 1.38 bits per heavy atom. The summed E-state index contributed by atoms with van der Waals surface area (Å²) in [5.74, 6) is 3.01. The lowest BCUT2D eigenvalue weighted by molar-refractivity contribution is 0.209. The van der Waals surface area contributed by atoms with Gasteiger partial charge in [0, 0.05) is 36.9 Å². The molecule has 0 aliphatic carbocycles. The van der Waals surface area contributed by atoms with Crippen LogP contribution in [0.15, 0.2) is 18.2 Å². The first-order valence-corrected chi connectivity index (χ1v) is 7.72. The van der Waals surface area contributed by atoms with E-state index in [-0.39, 0.29) is 0 Å². The Balaban J connectivity index is 1.69. The summed E-state index contributed by atoms with van der Waals surface area (Å²) in [4.78, 5) is 2.51. The first-order chi connectivity index (χ1) is 10.3. The molecule has 0 bridgehead atoms. The molecule has 0 saturated carbocycles. The Hall–Kier alpha value is -1.73. The van der Waals surface area contributed by atoms with Crippen molar-refractivity contribution in [2.24, 2.45) is 5.92 Å². The molecule has 2 heterocycles. The van der Waals surface area contributed by atoms with Crippen molar-refractivity contribution in [3.05, 3.63) is 23.8 Å². The molecule has 2 aliphatic rings. The largest absolute Gasteiger partial charge is 0.496 e. The van der Waals surface area contributed by atoms with Crippen molar-refractivity contribution in [3.8, 4) is 17.6 Å². The van der Waals surface area contributed by atoms with Crippen LogP contribution in [-0.4, -0.2) is 38.3 Å². The summed E-state index contributed by atoms with van der Waals surface area (Å²) in [5, 5.41) is 8.60. The number of hydrogen-bond acceptors (Lipinski definition) is 4. The molecule has 0 N–H and O–H groups in total. The Labute approximate surface area is 126 Å². The lowest BCUT2D eigenvalue weighted by Gasteiger charge is -2.29. The van der Waals surface area contributed by atoms with Gasteiger partial charge < -0.3 is 14.4 Å². The van der Waals surface area contributed by atoms with Crippen LogP contribution in [0.5, 0.6) is 11.5 Å². The molecule has 2 aliphatic heterocycles. The maximum atomic E-state index is 8.60. The molecule has 0 spiro atoms. The van der Waals surface area contributed by atoms with Crippen molar-refractivity contribution in [2.45, 2.75) is 25.2 Å². The highest BCUT2D eigenvalue weighted by molar-refractivity contribution is 5.49. The Morgan fingerprint density at radius 2 is 2.29 bits per heavy atom. The zero-order valence-corrected chi connectivity index (χ0v) is 12.5. The zero-order valence-electron chi connectivity index (χ0n) is 12.5. The van der Waals surface area contributed by atoms with E-state index in [1.807, 2.05) is 18.2 Å². The SMILES string of the molecule is COc1cccc2c1[C@@H]1CN(CCCCC#N)C[C@H]1CO2. The van der Waals surface area contributed by atoms with Gasteiger partial charge in [-0.25, -0.2) is 0 Å². The molecule has 4 nitrogen and oxygen atoms in total. The predicted molar refractivity (Wildman–Crippen MR) is 80.6 cm³/mol. The highest BCUT2D eigenvalue weighted by Crippen LogP contribution is 2.45. The highest BCUT2D eigenvalue weighted by Gasteiger charge is 2.40. The lowest BCUT2D eigenvalue weighted by Crippen LogP contribution is -2.25. The molecule has 0 aromatic heterocycles. The molecule has 1 saturated heterocycles. The van der Waals surface area contributed by atoms with Crippen LogP contribution in [-0.2, 0) is 0 Å². The van der Waals surface area contributed by atoms with E-state index in [2.05, 4.69) is 11.0 Å². The van der Waals surface area contributed by atoms with Crippen LogP contribution in [0.4, 0.5) is 0 Å². The molecule has 112 valence electrons. The van der Waals surface area contributed by atoms with Crippen molar-refractivity contribution in [1.82, 2.24) is 4.90 Å². The number of hydrogen-bond donors (Lipinski definition) is 0. The predicted octanol–water partition coefficient (Wildman–Crippen LogP) is 2.80. The maximum Gasteiger partial charge on any atom is 0.126 e. The average molecular weight is 286 g/mol. The second kappa shape index (κ2) is 6.36. The fourth-order valence-electron chi connectivity index (χ4n) is 3.57. The minimum absolute atomic E-state index is 0.515. The van der Waals surface area contributed by atoms with Crippen molar-refractivity contribution in [3.63, 3.8) is 0 Å². The zero-order chi connectivity index (χ0) is 14.7. The van der Waals surface area contributed by atoms with Crippen LogP contribution in [0.1, 0.15) is 30.7 Å². The molecule has 1 aromatic carbocycles. The Morgan fingerprint density at radius 3 is 3.10 bits per heavy atom. The molecule has 0 amide bonds. The van der Waals surface area contributed by atoms with Crippen molar-refractivity contribution in [2.75, 3.05) is 33.4 Å². The van der Waals surface area contributed by atoms with Gasteiger partial charge in [0.1, 0.15) is 11.5 Å². The summed E-state index contributed by atoms with van der Waals surface area (Å²) in [7, 11) is 1.73. The minimum atomic E-state index is 0.515. The van der Waals surface area contributed by atoms with E-state index in [4.69, 9.17) is 14.7 Å². The number of ether oxygens (including phenoxy) is 2.